The van der Waals surface area contributed by atoms with E-state index in [1.807, 2.05) is 35.0 Å². The van der Waals surface area contributed by atoms with Gasteiger partial charge in [-0.25, -0.2) is 4.98 Å². The van der Waals surface area contributed by atoms with Crippen molar-refractivity contribution in [2.24, 2.45) is 0 Å². The Morgan fingerprint density at radius 2 is 2.00 bits per heavy atom. The molecule has 0 aliphatic rings. The molecule has 1 amide bonds. The van der Waals surface area contributed by atoms with Crippen LogP contribution in [0, 0.1) is 13.8 Å². The summed E-state index contributed by atoms with van der Waals surface area (Å²) in [6.45, 7) is 4.77. The Kier molecular flexibility index (Phi) is 6.76. The normalized spacial score (nSPS) is 10.7. The Hall–Kier alpha value is -2.73. The molecule has 0 radical (unpaired) electrons. The van der Waals surface area contributed by atoms with Crippen molar-refractivity contribution in [3.8, 4) is 11.4 Å². The molecule has 0 bridgehead atoms. The molecule has 146 valence electrons. The average Bonchev–Trinajstić information content (AvgIpc) is 3.17. The Morgan fingerprint density at radius 1 is 1.18 bits per heavy atom. The third-order valence-electron chi connectivity index (χ3n) is 4.62. The maximum Gasteiger partial charge on any atom is 0.230 e. The molecule has 0 fully saturated rings. The van der Waals surface area contributed by atoms with E-state index in [-0.39, 0.29) is 5.91 Å². The molecule has 0 unspecified atom stereocenters. The van der Waals surface area contributed by atoms with E-state index in [1.54, 1.807) is 13.3 Å². The van der Waals surface area contributed by atoms with Crippen LogP contribution < -0.4 is 10.1 Å². The Balaban J connectivity index is 1.53. The number of hydrogen-bond donors (Lipinski definition) is 1. The number of methoxy groups -OCH3 is 1. The third-order valence-corrected chi connectivity index (χ3v) is 5.58. The maximum atomic E-state index is 12.2. The number of nitrogens with one attached hydrogen (secondary N) is 1. The first-order valence-electron chi connectivity index (χ1n) is 9.21. The fourth-order valence-corrected chi connectivity index (χ4v) is 3.70. The number of hydrogen-bond acceptors (Lipinski definition) is 4. The second kappa shape index (κ2) is 9.46. The number of ether oxygens (including phenoxy) is 1. The SMILES string of the molecule is COc1ccccc1CCNC(=O)CSc1nccn1-c1ccc(C)c(C)c1. The molecule has 0 saturated carbocycles. The van der Waals surface area contributed by atoms with Gasteiger partial charge < -0.3 is 10.1 Å². The van der Waals surface area contributed by atoms with Gasteiger partial charge in [-0.15, -0.1) is 0 Å². The molecule has 2 aromatic carbocycles. The average molecular weight is 396 g/mol. The minimum atomic E-state index is -0.00506. The van der Waals surface area contributed by atoms with Gasteiger partial charge in [-0.2, -0.15) is 0 Å². The van der Waals surface area contributed by atoms with E-state index in [9.17, 15) is 4.79 Å². The summed E-state index contributed by atoms with van der Waals surface area (Å²) >= 11 is 1.44. The van der Waals surface area contributed by atoms with E-state index < -0.39 is 0 Å². The number of thioether (sulfide) groups is 1. The van der Waals surface area contributed by atoms with Crippen molar-refractivity contribution in [2.75, 3.05) is 19.4 Å². The number of aromatic nitrogens is 2. The van der Waals surface area contributed by atoms with Crippen molar-refractivity contribution in [1.29, 1.82) is 0 Å². The van der Waals surface area contributed by atoms with Gasteiger partial charge in [-0.05, 0) is 55.2 Å². The van der Waals surface area contributed by atoms with Gasteiger partial charge in [0.05, 0.1) is 12.9 Å². The molecular weight excluding hydrogens is 370 g/mol. The summed E-state index contributed by atoms with van der Waals surface area (Å²) in [7, 11) is 1.66. The van der Waals surface area contributed by atoms with Crippen molar-refractivity contribution in [3.63, 3.8) is 0 Å². The molecule has 1 heterocycles. The summed E-state index contributed by atoms with van der Waals surface area (Å²) in [5, 5.41) is 3.78. The first-order valence-corrected chi connectivity index (χ1v) is 10.2. The maximum absolute atomic E-state index is 12.2. The van der Waals surface area contributed by atoms with Crippen LogP contribution in [-0.4, -0.2) is 34.9 Å². The van der Waals surface area contributed by atoms with Crippen molar-refractivity contribution in [3.05, 3.63) is 71.5 Å². The minimum absolute atomic E-state index is 0.00506. The van der Waals surface area contributed by atoms with Crippen molar-refractivity contribution in [1.82, 2.24) is 14.9 Å². The van der Waals surface area contributed by atoms with Crippen LogP contribution in [0.2, 0.25) is 0 Å². The lowest BCUT2D eigenvalue weighted by Gasteiger charge is -2.10. The number of carbonyl (C=O) groups is 1. The fraction of sp³-hybridized carbons (Fsp3) is 0.273. The van der Waals surface area contributed by atoms with E-state index in [0.717, 1.165) is 28.6 Å². The molecule has 0 saturated heterocycles. The predicted octanol–water partition coefficient (Wildman–Crippen LogP) is 3.95. The number of aryl methyl sites for hydroxylation is 2. The van der Waals surface area contributed by atoms with Crippen LogP contribution in [0.3, 0.4) is 0 Å². The van der Waals surface area contributed by atoms with Crippen LogP contribution in [0.1, 0.15) is 16.7 Å². The van der Waals surface area contributed by atoms with Crippen molar-refractivity contribution >= 4 is 17.7 Å². The van der Waals surface area contributed by atoms with E-state index in [4.69, 9.17) is 4.74 Å². The van der Waals surface area contributed by atoms with Crippen LogP contribution >= 0.6 is 11.8 Å². The number of nitrogens with zero attached hydrogens (tertiary/aromatic N) is 2. The van der Waals surface area contributed by atoms with E-state index in [1.165, 1.54) is 22.9 Å². The van der Waals surface area contributed by atoms with Crippen LogP contribution in [-0.2, 0) is 11.2 Å². The highest BCUT2D eigenvalue weighted by atomic mass is 32.2. The molecule has 0 spiro atoms. The summed E-state index contributed by atoms with van der Waals surface area (Å²) < 4.78 is 7.36. The lowest BCUT2D eigenvalue weighted by Crippen LogP contribution is -2.27. The lowest BCUT2D eigenvalue weighted by atomic mass is 10.1. The Labute approximate surface area is 170 Å². The number of amides is 1. The third kappa shape index (κ3) is 4.95. The van der Waals surface area contributed by atoms with Gasteiger partial charge in [0.1, 0.15) is 5.75 Å². The van der Waals surface area contributed by atoms with Gasteiger partial charge in [-0.1, -0.05) is 36.0 Å². The summed E-state index contributed by atoms with van der Waals surface area (Å²) in [6.07, 6.45) is 4.42. The summed E-state index contributed by atoms with van der Waals surface area (Å²) in [5.74, 6) is 1.17. The summed E-state index contributed by atoms with van der Waals surface area (Å²) in [6, 6.07) is 14.2. The van der Waals surface area contributed by atoms with Gasteiger partial charge in [-0.3, -0.25) is 9.36 Å². The highest BCUT2D eigenvalue weighted by Crippen LogP contribution is 2.22. The van der Waals surface area contributed by atoms with Gasteiger partial charge in [0.2, 0.25) is 5.91 Å². The van der Waals surface area contributed by atoms with Gasteiger partial charge in [0.25, 0.3) is 0 Å². The van der Waals surface area contributed by atoms with Crippen LogP contribution in [0.25, 0.3) is 5.69 Å². The van der Waals surface area contributed by atoms with Gasteiger partial charge in [0, 0.05) is 24.6 Å². The minimum Gasteiger partial charge on any atom is -0.496 e. The zero-order chi connectivity index (χ0) is 19.9. The second-order valence-corrected chi connectivity index (χ2v) is 7.49. The molecule has 0 atom stereocenters. The molecule has 0 aliphatic carbocycles. The number of carbonyl (C=O) groups excluding carboxylic acids is 1. The molecular formula is C22H25N3O2S. The monoisotopic (exact) mass is 395 g/mol. The molecule has 28 heavy (non-hydrogen) atoms. The second-order valence-electron chi connectivity index (χ2n) is 6.55. The highest BCUT2D eigenvalue weighted by molar-refractivity contribution is 7.99. The Morgan fingerprint density at radius 3 is 2.79 bits per heavy atom. The number of rotatable bonds is 8. The summed E-state index contributed by atoms with van der Waals surface area (Å²) in [4.78, 5) is 16.6. The van der Waals surface area contributed by atoms with Gasteiger partial charge in [0.15, 0.2) is 5.16 Å². The number of imidazole rings is 1. The molecule has 1 aromatic heterocycles. The van der Waals surface area contributed by atoms with Gasteiger partial charge >= 0.3 is 0 Å². The van der Waals surface area contributed by atoms with E-state index in [2.05, 4.69) is 42.3 Å². The standard InChI is InChI=1S/C22H25N3O2S/c1-16-8-9-19(14-17(16)2)25-13-12-24-22(25)28-15-21(26)23-11-10-18-6-4-5-7-20(18)27-3/h4-9,12-14H,10-11,15H2,1-3H3,(H,23,26). The largest absolute Gasteiger partial charge is 0.496 e. The fourth-order valence-electron chi connectivity index (χ4n) is 2.90. The summed E-state index contributed by atoms with van der Waals surface area (Å²) in [5.41, 5.74) is 4.63. The Bertz CT molecular complexity index is 952. The van der Waals surface area contributed by atoms with Crippen molar-refractivity contribution < 1.29 is 9.53 Å². The van der Waals surface area contributed by atoms with Crippen LogP contribution in [0.4, 0.5) is 0 Å². The first kappa shape index (κ1) is 20.0. The smallest absolute Gasteiger partial charge is 0.230 e. The first-order chi connectivity index (χ1) is 13.6. The van der Waals surface area contributed by atoms with E-state index >= 15 is 0 Å². The highest BCUT2D eigenvalue weighted by Gasteiger charge is 2.10. The zero-order valence-electron chi connectivity index (χ0n) is 16.4. The molecule has 0 aliphatic heterocycles. The predicted molar refractivity (Wildman–Crippen MR) is 113 cm³/mol. The zero-order valence-corrected chi connectivity index (χ0v) is 17.3. The molecule has 3 aromatic rings. The lowest BCUT2D eigenvalue weighted by molar-refractivity contribution is -0.118. The van der Waals surface area contributed by atoms with Crippen LogP contribution in [0.15, 0.2) is 60.0 Å². The topological polar surface area (TPSA) is 56.1 Å². The molecule has 1 N–H and O–H groups in total. The molecule has 6 heteroatoms. The number of para-hydroxylation sites is 1. The van der Waals surface area contributed by atoms with E-state index in [0.29, 0.717) is 12.3 Å². The molecule has 5 nitrogen and oxygen atoms in total. The molecule has 3 rings (SSSR count). The van der Waals surface area contributed by atoms with Crippen LogP contribution in [0.5, 0.6) is 5.75 Å². The quantitative estimate of drug-likeness (QED) is 0.587. The number of benzene rings is 2. The van der Waals surface area contributed by atoms with Crippen molar-refractivity contribution in [2.45, 2.75) is 25.4 Å².